The Labute approximate surface area is 166 Å². The summed E-state index contributed by atoms with van der Waals surface area (Å²) >= 11 is 0. The number of esters is 1. The van der Waals surface area contributed by atoms with Crippen molar-refractivity contribution >= 4 is 17.6 Å². The third kappa shape index (κ3) is 6.81. The van der Waals surface area contributed by atoms with Crippen molar-refractivity contribution in [2.75, 3.05) is 11.9 Å². The van der Waals surface area contributed by atoms with Crippen LogP contribution in [-0.2, 0) is 15.7 Å². The lowest BCUT2D eigenvalue weighted by Gasteiger charge is -2.15. The summed E-state index contributed by atoms with van der Waals surface area (Å²) < 4.78 is 48.9. The number of carbonyl (C=O) groups is 2. The molecule has 0 aromatic heterocycles. The molecule has 1 amide bonds. The van der Waals surface area contributed by atoms with Crippen molar-refractivity contribution in [1.82, 2.24) is 0 Å². The first kappa shape index (κ1) is 22.3. The van der Waals surface area contributed by atoms with Gasteiger partial charge in [0.25, 0.3) is 5.91 Å². The highest BCUT2D eigenvalue weighted by Gasteiger charge is 2.30. The van der Waals surface area contributed by atoms with E-state index in [0.29, 0.717) is 12.4 Å². The van der Waals surface area contributed by atoms with Crippen LogP contribution < -0.4 is 10.1 Å². The number of hydrogen-bond acceptors (Lipinski definition) is 4. The molecular formula is C21H22F3NO4. The second-order valence-electron chi connectivity index (χ2n) is 6.84. The Morgan fingerprint density at radius 3 is 2.28 bits per heavy atom. The molecule has 2 aromatic carbocycles. The van der Waals surface area contributed by atoms with Gasteiger partial charge in [0.2, 0.25) is 0 Å². The van der Waals surface area contributed by atoms with Crippen LogP contribution in [0.25, 0.3) is 0 Å². The number of halogens is 3. The summed E-state index contributed by atoms with van der Waals surface area (Å²) in [5.74, 6) is -0.499. The Kier molecular flexibility index (Phi) is 7.25. The number of amides is 1. The average molecular weight is 409 g/mol. The molecule has 0 aliphatic heterocycles. The normalized spacial score (nSPS) is 12.4. The molecule has 0 aliphatic carbocycles. The van der Waals surface area contributed by atoms with Gasteiger partial charge in [-0.1, -0.05) is 19.9 Å². The first-order valence-corrected chi connectivity index (χ1v) is 8.98. The average Bonchev–Trinajstić information content (AvgIpc) is 2.66. The molecule has 0 saturated heterocycles. The number of carbonyl (C=O) groups excluding carboxylic acids is 2. The third-order valence-electron chi connectivity index (χ3n) is 3.77. The highest BCUT2D eigenvalue weighted by atomic mass is 19.4. The molecule has 29 heavy (non-hydrogen) atoms. The van der Waals surface area contributed by atoms with E-state index in [-0.39, 0.29) is 17.2 Å². The van der Waals surface area contributed by atoms with Crippen LogP contribution in [-0.4, -0.2) is 24.6 Å². The van der Waals surface area contributed by atoms with Gasteiger partial charge in [0.05, 0.1) is 12.2 Å². The van der Waals surface area contributed by atoms with Crippen molar-refractivity contribution in [3.63, 3.8) is 0 Å². The molecule has 2 rings (SSSR count). The Hall–Kier alpha value is -3.03. The van der Waals surface area contributed by atoms with Gasteiger partial charge < -0.3 is 14.8 Å². The molecule has 0 radical (unpaired) electrons. The fraction of sp³-hybridized carbons (Fsp3) is 0.333. The second kappa shape index (κ2) is 9.45. The van der Waals surface area contributed by atoms with Crippen LogP contribution in [0.2, 0.25) is 0 Å². The molecule has 8 heteroatoms. The van der Waals surface area contributed by atoms with Crippen molar-refractivity contribution in [3.05, 3.63) is 59.7 Å². The first-order valence-electron chi connectivity index (χ1n) is 8.98. The summed E-state index contributed by atoms with van der Waals surface area (Å²) in [6, 6.07) is 10.3. The fourth-order valence-corrected chi connectivity index (χ4v) is 2.28. The number of benzene rings is 2. The summed E-state index contributed by atoms with van der Waals surface area (Å²) in [5, 5.41) is 2.42. The van der Waals surface area contributed by atoms with Gasteiger partial charge in [0, 0.05) is 11.3 Å². The molecule has 0 saturated carbocycles. The van der Waals surface area contributed by atoms with E-state index >= 15 is 0 Å². The predicted molar refractivity (Wildman–Crippen MR) is 102 cm³/mol. The Morgan fingerprint density at radius 2 is 1.69 bits per heavy atom. The van der Waals surface area contributed by atoms with Crippen molar-refractivity contribution < 1.29 is 32.2 Å². The van der Waals surface area contributed by atoms with Crippen molar-refractivity contribution in [3.8, 4) is 5.75 Å². The molecular weight excluding hydrogens is 387 g/mol. The minimum Gasteiger partial charge on any atom is -0.479 e. The van der Waals surface area contributed by atoms with Crippen LogP contribution in [0.4, 0.5) is 18.9 Å². The van der Waals surface area contributed by atoms with Crippen molar-refractivity contribution in [1.29, 1.82) is 0 Å². The van der Waals surface area contributed by atoms with Crippen LogP contribution in [0.3, 0.4) is 0 Å². The number of hydrogen-bond donors (Lipinski definition) is 1. The van der Waals surface area contributed by atoms with E-state index in [4.69, 9.17) is 9.47 Å². The monoisotopic (exact) mass is 409 g/mol. The maximum absolute atomic E-state index is 12.8. The minimum atomic E-state index is -4.49. The summed E-state index contributed by atoms with van der Waals surface area (Å²) in [5.41, 5.74) is -0.589. The number of alkyl halides is 3. The molecule has 0 fully saturated rings. The number of rotatable bonds is 7. The molecule has 1 atom stereocenters. The maximum Gasteiger partial charge on any atom is 0.416 e. The van der Waals surface area contributed by atoms with E-state index in [1.165, 1.54) is 36.4 Å². The fourth-order valence-electron chi connectivity index (χ4n) is 2.28. The SMILES string of the molecule is CC(C)COC(=O)[C@@H](C)Oc1ccc(C(=O)Nc2cccc(C(F)(F)F)c2)cc1. The second-order valence-corrected chi connectivity index (χ2v) is 6.84. The minimum absolute atomic E-state index is 0.0340. The van der Waals surface area contributed by atoms with Crippen LogP contribution in [0, 0.1) is 5.92 Å². The summed E-state index contributed by atoms with van der Waals surface area (Å²) in [6.07, 6.45) is -5.31. The zero-order valence-corrected chi connectivity index (χ0v) is 16.2. The van der Waals surface area contributed by atoms with Gasteiger partial charge in [0.1, 0.15) is 5.75 Å². The highest BCUT2D eigenvalue weighted by molar-refractivity contribution is 6.04. The lowest BCUT2D eigenvalue weighted by Crippen LogP contribution is -2.27. The van der Waals surface area contributed by atoms with Crippen molar-refractivity contribution in [2.24, 2.45) is 5.92 Å². The van der Waals surface area contributed by atoms with Crippen LogP contribution >= 0.6 is 0 Å². The lowest BCUT2D eigenvalue weighted by atomic mass is 10.1. The van der Waals surface area contributed by atoms with Gasteiger partial charge in [-0.2, -0.15) is 13.2 Å². The molecule has 1 N–H and O–H groups in total. The van der Waals surface area contributed by atoms with Crippen LogP contribution in [0.15, 0.2) is 48.5 Å². The predicted octanol–water partition coefficient (Wildman–Crippen LogP) is 4.92. The largest absolute Gasteiger partial charge is 0.479 e. The third-order valence-corrected chi connectivity index (χ3v) is 3.77. The first-order chi connectivity index (χ1) is 13.6. The quantitative estimate of drug-likeness (QED) is 0.659. The standard InChI is InChI=1S/C21H22F3NO4/c1-13(2)12-28-20(27)14(3)29-18-9-7-15(8-10-18)19(26)25-17-6-4-5-16(11-17)21(22,23)24/h4-11,13-14H,12H2,1-3H3,(H,25,26)/t14-/m1/s1. The van der Waals surface area contributed by atoms with Gasteiger partial charge in [-0.25, -0.2) is 4.79 Å². The molecule has 5 nitrogen and oxygen atoms in total. The zero-order valence-electron chi connectivity index (χ0n) is 16.2. The maximum atomic E-state index is 12.8. The molecule has 156 valence electrons. The zero-order chi connectivity index (χ0) is 21.6. The molecule has 0 heterocycles. The van der Waals surface area contributed by atoms with E-state index in [9.17, 15) is 22.8 Å². The highest BCUT2D eigenvalue weighted by Crippen LogP contribution is 2.30. The van der Waals surface area contributed by atoms with E-state index in [2.05, 4.69) is 5.32 Å². The molecule has 0 spiro atoms. The summed E-state index contributed by atoms with van der Waals surface area (Å²) in [4.78, 5) is 24.1. The topological polar surface area (TPSA) is 64.6 Å². The van der Waals surface area contributed by atoms with Crippen LogP contribution in [0.5, 0.6) is 5.75 Å². The molecule has 0 aliphatic rings. The Bertz CT molecular complexity index is 848. The van der Waals surface area contributed by atoms with Gasteiger partial charge in [-0.3, -0.25) is 4.79 Å². The summed E-state index contributed by atoms with van der Waals surface area (Å²) in [7, 11) is 0. The van der Waals surface area contributed by atoms with Gasteiger partial charge in [0.15, 0.2) is 6.10 Å². The number of anilines is 1. The van der Waals surface area contributed by atoms with Crippen molar-refractivity contribution in [2.45, 2.75) is 33.1 Å². The van der Waals surface area contributed by atoms with E-state index < -0.39 is 29.7 Å². The number of ether oxygens (including phenoxy) is 2. The number of nitrogens with one attached hydrogen (secondary N) is 1. The van der Waals surface area contributed by atoms with Gasteiger partial charge in [-0.05, 0) is 55.3 Å². The smallest absolute Gasteiger partial charge is 0.416 e. The summed E-state index contributed by atoms with van der Waals surface area (Å²) in [6.45, 7) is 5.68. The van der Waals surface area contributed by atoms with E-state index in [1.54, 1.807) is 6.92 Å². The molecule has 0 unspecified atom stereocenters. The Balaban J connectivity index is 1.97. The van der Waals surface area contributed by atoms with E-state index in [1.807, 2.05) is 13.8 Å². The van der Waals surface area contributed by atoms with E-state index in [0.717, 1.165) is 12.1 Å². The van der Waals surface area contributed by atoms with Crippen LogP contribution in [0.1, 0.15) is 36.7 Å². The molecule has 0 bridgehead atoms. The Morgan fingerprint density at radius 1 is 1.03 bits per heavy atom. The van der Waals surface area contributed by atoms with Gasteiger partial charge >= 0.3 is 12.1 Å². The lowest BCUT2D eigenvalue weighted by molar-refractivity contribution is -0.152. The van der Waals surface area contributed by atoms with Gasteiger partial charge in [-0.15, -0.1) is 0 Å². The molecule has 2 aromatic rings.